The first-order valence-electron chi connectivity index (χ1n) is 13.2. The Morgan fingerprint density at radius 1 is 0.758 bits per heavy atom. The van der Waals surface area contributed by atoms with Crippen LogP contribution in [0, 0.1) is 5.92 Å². The molecule has 0 radical (unpaired) electrons. The molecular weight excluding hydrogens is 408 g/mol. The van der Waals surface area contributed by atoms with Crippen molar-refractivity contribution in [2.75, 3.05) is 6.61 Å². The number of carbonyl (C=O) groups is 1. The summed E-state index contributed by atoms with van der Waals surface area (Å²) in [6.07, 6.45) is 16.0. The summed E-state index contributed by atoms with van der Waals surface area (Å²) < 4.78 is 11.1. The molecule has 0 spiro atoms. The summed E-state index contributed by atoms with van der Waals surface area (Å²) in [4.78, 5) is 12.5. The molecular formula is C30H42O3. The number of unbranched alkanes of at least 4 members (excludes halogenated alkanes) is 5. The van der Waals surface area contributed by atoms with E-state index in [1.54, 1.807) is 12.1 Å². The first-order valence-corrected chi connectivity index (χ1v) is 13.2. The molecule has 0 atom stereocenters. The summed E-state index contributed by atoms with van der Waals surface area (Å²) in [5, 5.41) is 0. The monoisotopic (exact) mass is 450 g/mol. The van der Waals surface area contributed by atoms with Gasteiger partial charge >= 0.3 is 5.97 Å². The van der Waals surface area contributed by atoms with Gasteiger partial charge in [0.15, 0.2) is 0 Å². The van der Waals surface area contributed by atoms with Gasteiger partial charge in [-0.15, -0.1) is 0 Å². The third-order valence-corrected chi connectivity index (χ3v) is 6.94. The van der Waals surface area contributed by atoms with E-state index < -0.39 is 0 Å². The minimum atomic E-state index is -0.313. The Hall–Kier alpha value is -2.29. The number of hydrogen-bond donors (Lipinski definition) is 0. The number of rotatable bonds is 13. The van der Waals surface area contributed by atoms with Crippen molar-refractivity contribution in [1.29, 1.82) is 0 Å². The molecule has 0 amide bonds. The maximum Gasteiger partial charge on any atom is 0.343 e. The molecule has 1 aliphatic carbocycles. The first kappa shape index (κ1) is 25.3. The average molecular weight is 451 g/mol. The highest BCUT2D eigenvalue weighted by Crippen LogP contribution is 2.38. The van der Waals surface area contributed by atoms with Crippen LogP contribution in [-0.4, -0.2) is 12.6 Å². The zero-order valence-corrected chi connectivity index (χ0v) is 20.7. The number of hydrogen-bond acceptors (Lipinski definition) is 3. The van der Waals surface area contributed by atoms with Crippen molar-refractivity contribution in [3.05, 3.63) is 59.7 Å². The number of carbonyl (C=O) groups excluding carboxylic acids is 1. The molecule has 0 aromatic heterocycles. The Kier molecular flexibility index (Phi) is 10.8. The zero-order valence-electron chi connectivity index (χ0n) is 20.7. The Morgan fingerprint density at radius 2 is 1.39 bits per heavy atom. The molecule has 1 saturated carbocycles. The minimum absolute atomic E-state index is 0.313. The molecule has 3 heteroatoms. The molecule has 0 unspecified atom stereocenters. The Bertz CT molecular complexity index is 801. The van der Waals surface area contributed by atoms with E-state index in [-0.39, 0.29) is 5.97 Å². The van der Waals surface area contributed by atoms with E-state index >= 15 is 0 Å². The van der Waals surface area contributed by atoms with E-state index in [0.717, 1.165) is 18.1 Å². The van der Waals surface area contributed by atoms with Crippen LogP contribution in [0.2, 0.25) is 0 Å². The molecule has 3 rings (SSSR count). The van der Waals surface area contributed by atoms with Gasteiger partial charge in [0.25, 0.3) is 0 Å². The largest absolute Gasteiger partial charge is 0.494 e. The van der Waals surface area contributed by atoms with Gasteiger partial charge in [-0.25, -0.2) is 4.79 Å². The van der Waals surface area contributed by atoms with Crippen molar-refractivity contribution in [3.8, 4) is 11.5 Å². The number of esters is 1. The maximum absolute atomic E-state index is 12.5. The highest BCUT2D eigenvalue weighted by atomic mass is 16.5. The van der Waals surface area contributed by atoms with Crippen molar-refractivity contribution in [2.24, 2.45) is 5.92 Å². The van der Waals surface area contributed by atoms with Crippen LogP contribution in [0.3, 0.4) is 0 Å². The van der Waals surface area contributed by atoms with Crippen molar-refractivity contribution in [3.63, 3.8) is 0 Å². The van der Waals surface area contributed by atoms with E-state index in [2.05, 4.69) is 26.0 Å². The fourth-order valence-electron chi connectivity index (χ4n) is 4.88. The number of benzene rings is 2. The summed E-state index contributed by atoms with van der Waals surface area (Å²) in [5.41, 5.74) is 1.96. The summed E-state index contributed by atoms with van der Waals surface area (Å²) in [6.45, 7) is 5.04. The lowest BCUT2D eigenvalue weighted by molar-refractivity contribution is 0.0734. The second-order valence-corrected chi connectivity index (χ2v) is 9.61. The average Bonchev–Trinajstić information content (AvgIpc) is 2.86. The van der Waals surface area contributed by atoms with Gasteiger partial charge < -0.3 is 9.47 Å². The predicted molar refractivity (Wildman–Crippen MR) is 136 cm³/mol. The van der Waals surface area contributed by atoms with Gasteiger partial charge in [-0.2, -0.15) is 0 Å². The fourth-order valence-corrected chi connectivity index (χ4v) is 4.88. The molecule has 3 nitrogen and oxygen atoms in total. The molecule has 1 fully saturated rings. The lowest BCUT2D eigenvalue weighted by Crippen LogP contribution is -2.14. The van der Waals surface area contributed by atoms with Crippen molar-refractivity contribution in [2.45, 2.75) is 96.8 Å². The van der Waals surface area contributed by atoms with E-state index in [9.17, 15) is 4.79 Å². The lowest BCUT2D eigenvalue weighted by atomic mass is 9.77. The molecule has 180 valence electrons. The van der Waals surface area contributed by atoms with Crippen LogP contribution >= 0.6 is 0 Å². The van der Waals surface area contributed by atoms with Crippen LogP contribution in [0.4, 0.5) is 0 Å². The highest BCUT2D eigenvalue weighted by molar-refractivity contribution is 5.91. The number of ether oxygens (including phenoxy) is 2. The van der Waals surface area contributed by atoms with Crippen LogP contribution in [-0.2, 0) is 0 Å². The maximum atomic E-state index is 12.5. The highest BCUT2D eigenvalue weighted by Gasteiger charge is 2.22. The second kappa shape index (κ2) is 14.1. The minimum Gasteiger partial charge on any atom is -0.494 e. The molecule has 33 heavy (non-hydrogen) atoms. The third kappa shape index (κ3) is 8.53. The van der Waals surface area contributed by atoms with Gasteiger partial charge in [0.05, 0.1) is 12.2 Å². The quantitative estimate of drug-likeness (QED) is 0.174. The summed E-state index contributed by atoms with van der Waals surface area (Å²) in [5.74, 6) is 2.57. The van der Waals surface area contributed by atoms with Gasteiger partial charge in [0.2, 0.25) is 0 Å². The van der Waals surface area contributed by atoms with Gasteiger partial charge in [0, 0.05) is 0 Å². The van der Waals surface area contributed by atoms with Gasteiger partial charge in [0.1, 0.15) is 11.5 Å². The first-order chi connectivity index (χ1) is 16.2. The summed E-state index contributed by atoms with van der Waals surface area (Å²) >= 11 is 0. The van der Waals surface area contributed by atoms with E-state index in [1.807, 2.05) is 24.3 Å². The molecule has 0 heterocycles. The summed E-state index contributed by atoms with van der Waals surface area (Å²) in [7, 11) is 0. The SMILES string of the molecule is CCCCCCCCC1CCC(c2ccc(C(=O)Oc3ccc(OCCC)cc3)cc2)CC1. The molecule has 0 N–H and O–H groups in total. The molecule has 1 aliphatic rings. The van der Waals surface area contributed by atoms with Crippen LogP contribution < -0.4 is 9.47 Å². The van der Waals surface area contributed by atoms with Crippen molar-refractivity contribution < 1.29 is 14.3 Å². The van der Waals surface area contributed by atoms with Crippen LogP contribution in [0.1, 0.15) is 113 Å². The van der Waals surface area contributed by atoms with Crippen molar-refractivity contribution >= 4 is 5.97 Å². The topological polar surface area (TPSA) is 35.5 Å². The third-order valence-electron chi connectivity index (χ3n) is 6.94. The van der Waals surface area contributed by atoms with E-state index in [1.165, 1.54) is 76.2 Å². The van der Waals surface area contributed by atoms with Crippen LogP contribution in [0.5, 0.6) is 11.5 Å². The molecule has 0 saturated heterocycles. The second-order valence-electron chi connectivity index (χ2n) is 9.61. The summed E-state index contributed by atoms with van der Waals surface area (Å²) in [6, 6.07) is 15.3. The standard InChI is InChI=1S/C30H42O3/c1-3-5-6-7-8-9-10-24-11-13-25(14-12-24)26-15-17-27(18-16-26)30(31)33-29-21-19-28(20-22-29)32-23-4-2/h15-22,24-25H,3-14,23H2,1-2H3. The Labute approximate surface area is 200 Å². The van der Waals surface area contributed by atoms with E-state index in [0.29, 0.717) is 23.8 Å². The van der Waals surface area contributed by atoms with Crippen molar-refractivity contribution in [1.82, 2.24) is 0 Å². The molecule has 2 aromatic carbocycles. The van der Waals surface area contributed by atoms with Gasteiger partial charge in [-0.1, -0.05) is 70.9 Å². The zero-order chi connectivity index (χ0) is 23.3. The predicted octanol–water partition coefficient (Wildman–Crippen LogP) is 8.72. The lowest BCUT2D eigenvalue weighted by Gasteiger charge is -2.29. The fraction of sp³-hybridized carbons (Fsp3) is 0.567. The van der Waals surface area contributed by atoms with Gasteiger partial charge in [-0.05, 0) is 85.9 Å². The smallest absolute Gasteiger partial charge is 0.343 e. The van der Waals surface area contributed by atoms with Crippen LogP contribution in [0.15, 0.2) is 48.5 Å². The van der Waals surface area contributed by atoms with E-state index in [4.69, 9.17) is 9.47 Å². The Balaban J connectivity index is 1.40. The molecule has 0 aliphatic heterocycles. The molecule has 2 aromatic rings. The van der Waals surface area contributed by atoms with Gasteiger partial charge in [-0.3, -0.25) is 0 Å². The Morgan fingerprint density at radius 3 is 2.06 bits per heavy atom. The normalized spacial score (nSPS) is 18.1. The molecule has 0 bridgehead atoms. The van der Waals surface area contributed by atoms with Crippen LogP contribution in [0.25, 0.3) is 0 Å².